The van der Waals surface area contributed by atoms with E-state index in [1.807, 2.05) is 6.07 Å². The van der Waals surface area contributed by atoms with Gasteiger partial charge in [-0.05, 0) is 29.7 Å². The van der Waals surface area contributed by atoms with E-state index in [-0.39, 0.29) is 6.04 Å². The van der Waals surface area contributed by atoms with Crippen molar-refractivity contribution in [2.45, 2.75) is 19.5 Å². The molecule has 1 aliphatic rings. The van der Waals surface area contributed by atoms with Gasteiger partial charge in [0.05, 0.1) is 18.6 Å². The Morgan fingerprint density at radius 3 is 2.58 bits per heavy atom. The Kier molecular flexibility index (Phi) is 5.65. The topological polar surface area (TPSA) is 66.1 Å². The summed E-state index contributed by atoms with van der Waals surface area (Å²) < 4.78 is 5.44. The SMILES string of the molecule is C[C@@H](Nc1ncnc2[nH]c(-c3ccc(CN4CCOCC4)cc3)cc12)c1ccccc1. The van der Waals surface area contributed by atoms with Crippen molar-refractivity contribution in [1.82, 2.24) is 19.9 Å². The fourth-order valence-corrected chi connectivity index (χ4v) is 4.05. The molecule has 0 saturated carbocycles. The lowest BCUT2D eigenvalue weighted by atomic mass is 10.1. The highest BCUT2D eigenvalue weighted by Gasteiger charge is 2.13. The summed E-state index contributed by atoms with van der Waals surface area (Å²) in [5.41, 5.74) is 5.57. The maximum Gasteiger partial charge on any atom is 0.143 e. The number of ether oxygens (including phenoxy) is 1. The van der Waals surface area contributed by atoms with E-state index in [0.29, 0.717) is 0 Å². The number of fused-ring (bicyclic) bond motifs is 1. The summed E-state index contributed by atoms with van der Waals surface area (Å²) in [6.45, 7) is 6.76. The maximum absolute atomic E-state index is 5.44. The zero-order valence-corrected chi connectivity index (χ0v) is 17.7. The molecule has 3 heterocycles. The third-order valence-corrected chi connectivity index (χ3v) is 5.85. The molecule has 4 aromatic rings. The first kappa shape index (κ1) is 19.7. The molecule has 0 radical (unpaired) electrons. The molecule has 5 rings (SSSR count). The van der Waals surface area contributed by atoms with Crippen LogP contribution in [0.25, 0.3) is 22.3 Å². The largest absolute Gasteiger partial charge is 0.379 e. The van der Waals surface area contributed by atoms with E-state index in [4.69, 9.17) is 4.74 Å². The van der Waals surface area contributed by atoms with Crippen LogP contribution >= 0.6 is 0 Å². The second kappa shape index (κ2) is 8.88. The normalized spacial score (nSPS) is 15.8. The molecule has 0 aliphatic carbocycles. The van der Waals surface area contributed by atoms with Crippen LogP contribution in [0.15, 0.2) is 67.0 Å². The average molecular weight is 414 g/mol. The number of nitrogens with one attached hydrogen (secondary N) is 2. The zero-order chi connectivity index (χ0) is 21.0. The Morgan fingerprint density at radius 1 is 1.03 bits per heavy atom. The van der Waals surface area contributed by atoms with E-state index < -0.39 is 0 Å². The fraction of sp³-hybridized carbons (Fsp3) is 0.280. The smallest absolute Gasteiger partial charge is 0.143 e. The molecule has 2 aromatic carbocycles. The van der Waals surface area contributed by atoms with Crippen molar-refractivity contribution in [2.75, 3.05) is 31.6 Å². The van der Waals surface area contributed by atoms with Gasteiger partial charge in [0.25, 0.3) is 0 Å². The van der Waals surface area contributed by atoms with Crippen LogP contribution in [0.5, 0.6) is 0 Å². The Bertz CT molecular complexity index is 1130. The van der Waals surface area contributed by atoms with Crippen LogP contribution in [0.3, 0.4) is 0 Å². The van der Waals surface area contributed by atoms with Crippen LogP contribution in [0.2, 0.25) is 0 Å². The minimum absolute atomic E-state index is 0.150. The summed E-state index contributed by atoms with van der Waals surface area (Å²) in [5, 5.41) is 4.53. The van der Waals surface area contributed by atoms with Crippen molar-refractivity contribution in [1.29, 1.82) is 0 Å². The third-order valence-electron chi connectivity index (χ3n) is 5.85. The number of morpholine rings is 1. The summed E-state index contributed by atoms with van der Waals surface area (Å²) in [4.78, 5) is 14.8. The Morgan fingerprint density at radius 2 is 1.81 bits per heavy atom. The number of hydrogen-bond donors (Lipinski definition) is 2. The first-order valence-corrected chi connectivity index (χ1v) is 10.8. The summed E-state index contributed by atoms with van der Waals surface area (Å²) >= 11 is 0. The first-order valence-electron chi connectivity index (χ1n) is 10.8. The second-order valence-electron chi connectivity index (χ2n) is 8.03. The van der Waals surface area contributed by atoms with Crippen molar-refractivity contribution in [3.8, 4) is 11.3 Å². The quantitative estimate of drug-likeness (QED) is 0.482. The number of anilines is 1. The van der Waals surface area contributed by atoms with Crippen LogP contribution in [0.4, 0.5) is 5.82 Å². The number of H-pyrrole nitrogens is 1. The molecular formula is C25H27N5O. The first-order chi connectivity index (χ1) is 15.3. The number of benzene rings is 2. The molecule has 31 heavy (non-hydrogen) atoms. The summed E-state index contributed by atoms with van der Waals surface area (Å²) in [6.07, 6.45) is 1.61. The van der Waals surface area contributed by atoms with Gasteiger partial charge in [-0.3, -0.25) is 4.90 Å². The number of hydrogen-bond acceptors (Lipinski definition) is 5. The van der Waals surface area contributed by atoms with E-state index in [9.17, 15) is 0 Å². The summed E-state index contributed by atoms with van der Waals surface area (Å²) in [6, 6.07) is 21.4. The monoisotopic (exact) mass is 413 g/mol. The lowest BCUT2D eigenvalue weighted by molar-refractivity contribution is 0.0342. The van der Waals surface area contributed by atoms with Crippen LogP contribution in [0, 0.1) is 0 Å². The zero-order valence-electron chi connectivity index (χ0n) is 17.7. The van der Waals surface area contributed by atoms with Gasteiger partial charge in [-0.15, -0.1) is 0 Å². The lowest BCUT2D eigenvalue weighted by Gasteiger charge is -2.26. The van der Waals surface area contributed by atoms with E-state index in [1.54, 1.807) is 6.33 Å². The van der Waals surface area contributed by atoms with Gasteiger partial charge in [0, 0.05) is 31.4 Å². The van der Waals surface area contributed by atoms with Gasteiger partial charge in [0.1, 0.15) is 17.8 Å². The van der Waals surface area contributed by atoms with Crippen molar-refractivity contribution < 1.29 is 4.74 Å². The summed E-state index contributed by atoms with van der Waals surface area (Å²) in [5.74, 6) is 0.841. The van der Waals surface area contributed by atoms with Crippen molar-refractivity contribution in [2.24, 2.45) is 0 Å². The van der Waals surface area contributed by atoms with E-state index in [1.165, 1.54) is 11.1 Å². The fourth-order valence-electron chi connectivity index (χ4n) is 4.05. The Hall–Kier alpha value is -3.22. The number of nitrogens with zero attached hydrogens (tertiary/aromatic N) is 3. The second-order valence-corrected chi connectivity index (χ2v) is 8.03. The standard InChI is InChI=1S/C25H27N5O/c1-18(20-5-3-2-4-6-20)28-24-22-15-23(29-25(22)27-17-26-24)21-9-7-19(8-10-21)16-30-11-13-31-14-12-30/h2-10,15,17-18H,11-14,16H2,1H3,(H2,26,27,28,29)/t18-/m1/s1. The van der Waals surface area contributed by atoms with Gasteiger partial charge in [0.2, 0.25) is 0 Å². The number of aromatic amines is 1. The van der Waals surface area contributed by atoms with Gasteiger partial charge < -0.3 is 15.0 Å². The molecule has 0 unspecified atom stereocenters. The van der Waals surface area contributed by atoms with E-state index in [0.717, 1.165) is 61.0 Å². The van der Waals surface area contributed by atoms with Gasteiger partial charge >= 0.3 is 0 Å². The van der Waals surface area contributed by atoms with Gasteiger partial charge in [-0.1, -0.05) is 54.6 Å². The van der Waals surface area contributed by atoms with Crippen LogP contribution in [-0.2, 0) is 11.3 Å². The van der Waals surface area contributed by atoms with Crippen molar-refractivity contribution >= 4 is 16.9 Å². The van der Waals surface area contributed by atoms with Gasteiger partial charge in [-0.2, -0.15) is 0 Å². The Labute approximate surface area is 182 Å². The number of rotatable bonds is 6. The molecule has 6 nitrogen and oxygen atoms in total. The maximum atomic E-state index is 5.44. The van der Waals surface area contributed by atoms with Crippen LogP contribution in [-0.4, -0.2) is 46.2 Å². The molecule has 1 fully saturated rings. The van der Waals surface area contributed by atoms with Crippen molar-refractivity contribution in [3.63, 3.8) is 0 Å². The lowest BCUT2D eigenvalue weighted by Crippen LogP contribution is -2.35. The average Bonchev–Trinajstić information content (AvgIpc) is 3.26. The summed E-state index contributed by atoms with van der Waals surface area (Å²) in [7, 11) is 0. The molecule has 2 N–H and O–H groups in total. The molecule has 0 spiro atoms. The molecule has 158 valence electrons. The molecule has 1 saturated heterocycles. The minimum Gasteiger partial charge on any atom is -0.379 e. The number of aromatic nitrogens is 3. The van der Waals surface area contributed by atoms with Crippen LogP contribution in [0.1, 0.15) is 24.1 Å². The molecule has 6 heteroatoms. The highest BCUT2D eigenvalue weighted by atomic mass is 16.5. The minimum atomic E-state index is 0.150. The Balaban J connectivity index is 1.35. The predicted molar refractivity (Wildman–Crippen MR) is 124 cm³/mol. The highest BCUT2D eigenvalue weighted by Crippen LogP contribution is 2.29. The van der Waals surface area contributed by atoms with E-state index in [2.05, 4.69) is 86.7 Å². The van der Waals surface area contributed by atoms with E-state index >= 15 is 0 Å². The highest BCUT2D eigenvalue weighted by molar-refractivity contribution is 5.91. The molecule has 0 bridgehead atoms. The van der Waals surface area contributed by atoms with Gasteiger partial charge in [-0.25, -0.2) is 9.97 Å². The van der Waals surface area contributed by atoms with Crippen molar-refractivity contribution in [3.05, 3.63) is 78.1 Å². The molecule has 0 amide bonds. The molecular weight excluding hydrogens is 386 g/mol. The predicted octanol–water partition coefficient (Wildman–Crippen LogP) is 4.63. The van der Waals surface area contributed by atoms with Crippen LogP contribution < -0.4 is 5.32 Å². The van der Waals surface area contributed by atoms with Gasteiger partial charge in [0.15, 0.2) is 0 Å². The molecule has 2 aromatic heterocycles. The molecule has 1 atom stereocenters. The third kappa shape index (κ3) is 4.45. The molecule has 1 aliphatic heterocycles.